The number of amides is 3. The van der Waals surface area contributed by atoms with Gasteiger partial charge in [-0.1, -0.05) is 134 Å². The van der Waals surface area contributed by atoms with Crippen LogP contribution in [0.15, 0.2) is 119 Å². The van der Waals surface area contributed by atoms with Gasteiger partial charge in [-0.2, -0.15) is 0 Å². The largest absolute Gasteiger partial charge is 0.478 e. The molecule has 476 valence electrons. The van der Waals surface area contributed by atoms with Crippen LogP contribution < -0.4 is 11.1 Å². The van der Waals surface area contributed by atoms with Gasteiger partial charge >= 0.3 is 17.9 Å². The van der Waals surface area contributed by atoms with Gasteiger partial charge in [0.2, 0.25) is 0 Å². The standard InChI is InChI=1S/C35H47N3O4.C28H34N2O3.C7H15NO2.CH4.ClH/c1-33(2,3)28-18-21-35(22-19-28)37-29(17-14-25-10-8-7-9-11-25)32(41)38(35)24-26-12-15-27(16-13-26)31(40)36-23-20-30(39)42-34(4,5)6;1-27(2,3)23-15-17-28(18-16-23)29-24(14-11-20-7-5-4-6-8-20)25(31)30(28)19-21-9-12-22(13-10-21)26(32)33;1-7(2,3)10-6(9)4-5-8;;/h7-13,15-16,28H,14,17-24H2,1-6H3,(H,36,40);4-10,12-13,23H,11,14-19H2,1-3H3,(H,32,33);4-5,8H2,1-3H3;1H4;1H. The van der Waals surface area contributed by atoms with Gasteiger partial charge in [0.15, 0.2) is 0 Å². The molecule has 8 rings (SSSR count). The molecule has 2 aliphatic heterocycles. The zero-order chi connectivity index (χ0) is 62.4. The molecule has 4 aromatic carbocycles. The van der Waals surface area contributed by atoms with Crippen LogP contribution in [0.2, 0.25) is 0 Å². The number of carboxylic acid groups (broad SMARTS) is 1. The second-order valence-corrected chi connectivity index (χ2v) is 27.5. The number of nitrogens with one attached hydrogen (secondary N) is 1. The Hall–Kier alpha value is -6.71. The van der Waals surface area contributed by atoms with Crippen molar-refractivity contribution in [2.24, 2.45) is 38.4 Å². The minimum absolute atomic E-state index is 0. The normalized spacial score (nSPS) is 20.1. The van der Waals surface area contributed by atoms with Crippen LogP contribution in [-0.4, -0.2) is 97.6 Å². The van der Waals surface area contributed by atoms with Gasteiger partial charge in [0.25, 0.3) is 17.7 Å². The number of benzene rings is 4. The number of hydrogen-bond donors (Lipinski definition) is 3. The van der Waals surface area contributed by atoms with E-state index < -0.39 is 22.9 Å². The molecule has 3 amide bonds. The first-order chi connectivity index (χ1) is 39.9. The molecule has 0 bridgehead atoms. The summed E-state index contributed by atoms with van der Waals surface area (Å²) in [7, 11) is 0. The van der Waals surface area contributed by atoms with Crippen LogP contribution >= 0.6 is 12.4 Å². The number of hydrogen-bond acceptors (Lipinski definition) is 11. The van der Waals surface area contributed by atoms with Crippen molar-refractivity contribution in [2.45, 2.75) is 216 Å². The Morgan fingerprint density at radius 2 is 0.897 bits per heavy atom. The lowest BCUT2D eigenvalue weighted by Crippen LogP contribution is -2.49. The second kappa shape index (κ2) is 31.5. The van der Waals surface area contributed by atoms with Crippen LogP contribution in [0.1, 0.15) is 211 Å². The SMILES string of the molecule is C.CC(C)(C)C1CCC2(CC1)N=C(CCc1ccccc1)C(=O)N2Cc1ccc(C(=O)O)cc1.CC(C)(C)OC(=O)CCN.CC(C)(C)OC(=O)CCNC(=O)c1ccc(CN2C(=O)C(CCc3ccccc3)=NC23CCC(C(C)(C)C)CC3)cc1.Cl. The summed E-state index contributed by atoms with van der Waals surface area (Å²) < 4.78 is 10.3. The number of aryl methyl sites for hydroxylation is 2. The third-order valence-corrected chi connectivity index (χ3v) is 16.6. The molecule has 16 heteroatoms. The Morgan fingerprint density at radius 1 is 0.540 bits per heavy atom. The highest BCUT2D eigenvalue weighted by atomic mass is 35.5. The van der Waals surface area contributed by atoms with Gasteiger partial charge in [-0.15, -0.1) is 12.4 Å². The van der Waals surface area contributed by atoms with Gasteiger partial charge in [0.1, 0.15) is 34.0 Å². The fraction of sp³-hybridized carbons (Fsp3) is 0.549. The van der Waals surface area contributed by atoms with Gasteiger partial charge < -0.3 is 35.4 Å². The monoisotopic (exact) mass is 1220 g/mol. The fourth-order valence-corrected chi connectivity index (χ4v) is 11.8. The Bertz CT molecular complexity index is 2960. The number of ether oxygens (including phenoxy) is 2. The number of aliphatic imine (C=N–C) groups is 2. The molecule has 4 N–H and O–H groups in total. The Balaban J connectivity index is 0.000000321. The highest BCUT2D eigenvalue weighted by Crippen LogP contribution is 2.48. The van der Waals surface area contributed by atoms with Gasteiger partial charge in [0.05, 0.1) is 18.4 Å². The third kappa shape index (κ3) is 21.5. The first-order valence-corrected chi connectivity index (χ1v) is 30.6. The summed E-state index contributed by atoms with van der Waals surface area (Å²) in [6, 6.07) is 34.7. The molecule has 2 saturated carbocycles. The Kier molecular flexibility index (Phi) is 26.3. The minimum Gasteiger partial charge on any atom is -0.478 e. The number of carbonyl (C=O) groups excluding carboxylic acids is 5. The molecular weight excluding hydrogens is 1120 g/mol. The van der Waals surface area contributed by atoms with E-state index in [1.165, 1.54) is 11.1 Å². The summed E-state index contributed by atoms with van der Waals surface area (Å²) in [5.41, 5.74) is 10.2. The molecule has 0 aromatic heterocycles. The van der Waals surface area contributed by atoms with Crippen molar-refractivity contribution in [2.75, 3.05) is 13.1 Å². The Labute approximate surface area is 525 Å². The molecular formula is C71H101ClN6O9. The molecule has 0 radical (unpaired) electrons. The number of nitrogens with zero attached hydrogens (tertiary/aromatic N) is 4. The van der Waals surface area contributed by atoms with E-state index in [1.807, 2.05) is 112 Å². The zero-order valence-corrected chi connectivity index (χ0v) is 54.1. The van der Waals surface area contributed by atoms with Crippen LogP contribution in [-0.2, 0) is 54.6 Å². The zero-order valence-electron chi connectivity index (χ0n) is 53.3. The van der Waals surface area contributed by atoms with Gasteiger partial charge in [-0.05, 0) is 188 Å². The molecule has 0 atom stereocenters. The third-order valence-electron chi connectivity index (χ3n) is 16.6. The minimum atomic E-state index is -0.942. The molecule has 4 aliphatic rings. The van der Waals surface area contributed by atoms with E-state index in [9.17, 15) is 33.9 Å². The molecule has 2 spiro atoms. The lowest BCUT2D eigenvalue weighted by Gasteiger charge is -2.45. The van der Waals surface area contributed by atoms with Crippen LogP contribution in [0.5, 0.6) is 0 Å². The average molecular weight is 1220 g/mol. The summed E-state index contributed by atoms with van der Waals surface area (Å²) in [4.78, 5) is 88.2. The fourth-order valence-electron chi connectivity index (χ4n) is 11.8. The van der Waals surface area contributed by atoms with Crippen LogP contribution in [0, 0.1) is 22.7 Å². The van der Waals surface area contributed by atoms with E-state index in [4.69, 9.17) is 25.2 Å². The average Bonchev–Trinajstić information content (AvgIpc) is 1.69. The van der Waals surface area contributed by atoms with Crippen LogP contribution in [0.4, 0.5) is 0 Å². The second-order valence-electron chi connectivity index (χ2n) is 27.5. The number of nitrogens with two attached hydrogens (primary N) is 1. The predicted molar refractivity (Wildman–Crippen MR) is 350 cm³/mol. The van der Waals surface area contributed by atoms with Crippen molar-refractivity contribution in [3.63, 3.8) is 0 Å². The maximum atomic E-state index is 13.8. The first kappa shape index (κ1) is 72.8. The quantitative estimate of drug-likeness (QED) is 0.0851. The van der Waals surface area contributed by atoms with Crippen molar-refractivity contribution in [1.29, 1.82) is 0 Å². The van der Waals surface area contributed by atoms with E-state index in [0.29, 0.717) is 67.7 Å². The Morgan fingerprint density at radius 3 is 1.23 bits per heavy atom. The van der Waals surface area contributed by atoms with E-state index in [0.717, 1.165) is 75.3 Å². The van der Waals surface area contributed by atoms with Gasteiger partial charge in [0, 0.05) is 31.7 Å². The number of carboxylic acids is 1. The summed E-state index contributed by atoms with van der Waals surface area (Å²) in [6.07, 6.45) is 11.0. The van der Waals surface area contributed by atoms with Crippen molar-refractivity contribution >= 4 is 59.5 Å². The summed E-state index contributed by atoms with van der Waals surface area (Å²) in [6.45, 7) is 26.2. The van der Waals surface area contributed by atoms with Crippen molar-refractivity contribution in [3.8, 4) is 0 Å². The molecule has 0 unspecified atom stereocenters. The molecule has 87 heavy (non-hydrogen) atoms. The number of rotatable bonds is 17. The molecule has 4 aromatic rings. The van der Waals surface area contributed by atoms with Crippen molar-refractivity contribution < 1.29 is 43.3 Å². The topological polar surface area (TPSA) is 210 Å². The van der Waals surface area contributed by atoms with Crippen LogP contribution in [0.25, 0.3) is 0 Å². The summed E-state index contributed by atoms with van der Waals surface area (Å²) in [5.74, 6) is -0.464. The van der Waals surface area contributed by atoms with Crippen molar-refractivity contribution in [1.82, 2.24) is 15.1 Å². The lowest BCUT2D eigenvalue weighted by atomic mass is 9.69. The smallest absolute Gasteiger partial charge is 0.335 e. The number of carbonyl (C=O) groups is 6. The van der Waals surface area contributed by atoms with E-state index in [1.54, 1.807) is 24.3 Å². The van der Waals surface area contributed by atoms with E-state index >= 15 is 0 Å². The van der Waals surface area contributed by atoms with Gasteiger partial charge in [-0.3, -0.25) is 34.0 Å². The first-order valence-electron chi connectivity index (χ1n) is 30.6. The summed E-state index contributed by atoms with van der Waals surface area (Å²) in [5, 5.41) is 12.0. The maximum absolute atomic E-state index is 13.8. The van der Waals surface area contributed by atoms with Crippen molar-refractivity contribution in [3.05, 3.63) is 143 Å². The maximum Gasteiger partial charge on any atom is 0.335 e. The van der Waals surface area contributed by atoms with E-state index in [-0.39, 0.29) is 84.5 Å². The molecule has 2 fully saturated rings. The molecule has 2 heterocycles. The molecule has 0 saturated heterocycles. The highest BCUT2D eigenvalue weighted by molar-refractivity contribution is 6.41. The number of aromatic carboxylic acids is 1. The number of halogens is 1. The van der Waals surface area contributed by atoms with E-state index in [2.05, 4.69) is 71.1 Å². The lowest BCUT2D eigenvalue weighted by molar-refractivity contribution is -0.155. The highest BCUT2D eigenvalue weighted by Gasteiger charge is 2.51. The molecule has 2 aliphatic carbocycles. The molecule has 15 nitrogen and oxygen atoms in total. The number of esters is 2. The predicted octanol–water partition coefficient (Wildman–Crippen LogP) is 14.0. The van der Waals surface area contributed by atoms with Gasteiger partial charge in [-0.25, -0.2) is 4.79 Å². The van der Waals surface area contributed by atoms with Crippen LogP contribution in [0.3, 0.4) is 0 Å². The summed E-state index contributed by atoms with van der Waals surface area (Å²) >= 11 is 0.